The van der Waals surface area contributed by atoms with Gasteiger partial charge in [0.1, 0.15) is 0 Å². The summed E-state index contributed by atoms with van der Waals surface area (Å²) in [5.41, 5.74) is 1.39. The van der Waals surface area contributed by atoms with Crippen molar-refractivity contribution in [3.05, 3.63) is 48.2 Å². The van der Waals surface area contributed by atoms with Crippen LogP contribution in [0.3, 0.4) is 0 Å². The van der Waals surface area contributed by atoms with Crippen LogP contribution in [0, 0.1) is 0 Å². The quantitative estimate of drug-likeness (QED) is 0.738. The normalized spacial score (nSPS) is 21.8. The SMILES string of the molecule is CO/C=C\C1CCCCN1Cc1ccccc1. The summed E-state index contributed by atoms with van der Waals surface area (Å²) < 4.78 is 5.04. The Hall–Kier alpha value is -1.28. The fourth-order valence-electron chi connectivity index (χ4n) is 2.42. The third kappa shape index (κ3) is 3.60. The van der Waals surface area contributed by atoms with Crippen molar-refractivity contribution < 1.29 is 4.74 Å². The molecule has 1 aromatic rings. The largest absolute Gasteiger partial charge is 0.505 e. The van der Waals surface area contributed by atoms with Crippen LogP contribution in [0.2, 0.25) is 0 Å². The molecule has 1 aliphatic rings. The second-order valence-electron chi connectivity index (χ2n) is 4.58. The molecule has 1 unspecified atom stereocenters. The van der Waals surface area contributed by atoms with Crippen LogP contribution in [0.5, 0.6) is 0 Å². The minimum atomic E-state index is 0.531. The van der Waals surface area contributed by atoms with Gasteiger partial charge in [0, 0.05) is 12.6 Å². The van der Waals surface area contributed by atoms with Gasteiger partial charge in [0.05, 0.1) is 13.4 Å². The zero-order valence-corrected chi connectivity index (χ0v) is 10.5. The lowest BCUT2D eigenvalue weighted by Gasteiger charge is -2.33. The van der Waals surface area contributed by atoms with E-state index < -0.39 is 0 Å². The molecule has 2 rings (SSSR count). The smallest absolute Gasteiger partial charge is 0.0800 e. The Morgan fingerprint density at radius 3 is 2.88 bits per heavy atom. The van der Waals surface area contributed by atoms with E-state index in [0.717, 1.165) is 6.54 Å². The molecule has 17 heavy (non-hydrogen) atoms. The molecule has 0 N–H and O–H groups in total. The molecule has 0 aliphatic carbocycles. The Labute approximate surface area is 104 Å². The summed E-state index contributed by atoms with van der Waals surface area (Å²) in [5, 5.41) is 0. The molecule has 2 heteroatoms. The third-order valence-corrected chi connectivity index (χ3v) is 3.33. The van der Waals surface area contributed by atoms with Gasteiger partial charge in [-0.2, -0.15) is 0 Å². The van der Waals surface area contributed by atoms with E-state index in [0.29, 0.717) is 6.04 Å². The van der Waals surface area contributed by atoms with Crippen LogP contribution in [0.1, 0.15) is 24.8 Å². The van der Waals surface area contributed by atoms with E-state index in [1.807, 2.05) is 6.26 Å². The van der Waals surface area contributed by atoms with Gasteiger partial charge in [0.15, 0.2) is 0 Å². The van der Waals surface area contributed by atoms with Crippen molar-refractivity contribution in [3.8, 4) is 0 Å². The van der Waals surface area contributed by atoms with E-state index in [2.05, 4.69) is 41.3 Å². The molecule has 1 aromatic carbocycles. The topological polar surface area (TPSA) is 12.5 Å². The number of nitrogens with zero attached hydrogens (tertiary/aromatic N) is 1. The third-order valence-electron chi connectivity index (χ3n) is 3.33. The Balaban J connectivity index is 1.99. The highest BCUT2D eigenvalue weighted by atomic mass is 16.5. The minimum Gasteiger partial charge on any atom is -0.505 e. The number of likely N-dealkylation sites (tertiary alicyclic amines) is 1. The molecule has 0 bridgehead atoms. The number of rotatable bonds is 4. The van der Waals surface area contributed by atoms with Crippen molar-refractivity contribution in [1.82, 2.24) is 4.90 Å². The Bertz CT molecular complexity index is 347. The number of hydrogen-bond donors (Lipinski definition) is 0. The summed E-state index contributed by atoms with van der Waals surface area (Å²) in [6.07, 6.45) is 7.87. The van der Waals surface area contributed by atoms with Gasteiger partial charge in [-0.15, -0.1) is 0 Å². The monoisotopic (exact) mass is 231 g/mol. The molecular weight excluding hydrogens is 210 g/mol. The van der Waals surface area contributed by atoms with Crippen molar-refractivity contribution >= 4 is 0 Å². The van der Waals surface area contributed by atoms with Crippen molar-refractivity contribution in [2.24, 2.45) is 0 Å². The lowest BCUT2D eigenvalue weighted by atomic mass is 10.0. The molecule has 1 aliphatic heterocycles. The van der Waals surface area contributed by atoms with Gasteiger partial charge in [-0.05, 0) is 31.0 Å². The standard InChI is InChI=1S/C15H21NO/c1-17-12-10-15-9-5-6-11-16(15)13-14-7-3-2-4-8-14/h2-4,7-8,10,12,15H,5-6,9,11,13H2,1H3/b12-10-. The van der Waals surface area contributed by atoms with Crippen LogP contribution in [0.25, 0.3) is 0 Å². The van der Waals surface area contributed by atoms with Crippen molar-refractivity contribution in [2.75, 3.05) is 13.7 Å². The first-order valence-electron chi connectivity index (χ1n) is 6.37. The molecule has 2 nitrogen and oxygen atoms in total. The van der Waals surface area contributed by atoms with E-state index >= 15 is 0 Å². The fraction of sp³-hybridized carbons (Fsp3) is 0.467. The molecule has 0 aromatic heterocycles. The summed E-state index contributed by atoms with van der Waals surface area (Å²) >= 11 is 0. The maximum atomic E-state index is 5.04. The van der Waals surface area contributed by atoms with Crippen LogP contribution in [-0.2, 0) is 11.3 Å². The highest BCUT2D eigenvalue weighted by molar-refractivity contribution is 5.15. The van der Waals surface area contributed by atoms with Gasteiger partial charge in [0.25, 0.3) is 0 Å². The van der Waals surface area contributed by atoms with E-state index in [1.54, 1.807) is 7.11 Å². The second-order valence-corrected chi connectivity index (χ2v) is 4.58. The van der Waals surface area contributed by atoms with Crippen LogP contribution in [-0.4, -0.2) is 24.6 Å². The van der Waals surface area contributed by atoms with Gasteiger partial charge in [-0.3, -0.25) is 4.90 Å². The summed E-state index contributed by atoms with van der Waals surface area (Å²) in [7, 11) is 1.71. The van der Waals surface area contributed by atoms with Crippen molar-refractivity contribution in [1.29, 1.82) is 0 Å². The molecule has 1 saturated heterocycles. The van der Waals surface area contributed by atoms with Crippen LogP contribution in [0.15, 0.2) is 42.7 Å². The zero-order valence-electron chi connectivity index (χ0n) is 10.5. The lowest BCUT2D eigenvalue weighted by Crippen LogP contribution is -2.37. The van der Waals surface area contributed by atoms with Gasteiger partial charge in [0.2, 0.25) is 0 Å². The van der Waals surface area contributed by atoms with Gasteiger partial charge < -0.3 is 4.74 Å². The number of piperidine rings is 1. The maximum Gasteiger partial charge on any atom is 0.0800 e. The Morgan fingerprint density at radius 2 is 2.12 bits per heavy atom. The lowest BCUT2D eigenvalue weighted by molar-refractivity contribution is 0.168. The van der Waals surface area contributed by atoms with Crippen LogP contribution >= 0.6 is 0 Å². The summed E-state index contributed by atoms with van der Waals surface area (Å²) in [6.45, 7) is 2.23. The molecule has 1 heterocycles. The predicted molar refractivity (Wildman–Crippen MR) is 70.6 cm³/mol. The zero-order chi connectivity index (χ0) is 11.9. The van der Waals surface area contributed by atoms with Gasteiger partial charge in [-0.25, -0.2) is 0 Å². The summed E-state index contributed by atoms with van der Waals surface area (Å²) in [5.74, 6) is 0. The Morgan fingerprint density at radius 1 is 1.29 bits per heavy atom. The average Bonchev–Trinajstić information content (AvgIpc) is 2.39. The molecule has 0 amide bonds. The fourth-order valence-corrected chi connectivity index (χ4v) is 2.42. The van der Waals surface area contributed by atoms with Gasteiger partial charge in [-0.1, -0.05) is 36.8 Å². The van der Waals surface area contributed by atoms with Crippen LogP contribution < -0.4 is 0 Å². The first-order chi connectivity index (χ1) is 8.40. The Kier molecular flexibility index (Phi) is 4.63. The molecule has 92 valence electrons. The van der Waals surface area contributed by atoms with E-state index in [4.69, 9.17) is 4.74 Å². The second kappa shape index (κ2) is 6.45. The first kappa shape index (κ1) is 12.2. The van der Waals surface area contributed by atoms with E-state index in [9.17, 15) is 0 Å². The molecule has 0 spiro atoms. The van der Waals surface area contributed by atoms with Crippen molar-refractivity contribution in [3.63, 3.8) is 0 Å². The van der Waals surface area contributed by atoms with Crippen LogP contribution in [0.4, 0.5) is 0 Å². The minimum absolute atomic E-state index is 0.531. The molecule has 1 fully saturated rings. The number of methoxy groups -OCH3 is 1. The maximum absolute atomic E-state index is 5.04. The molecule has 0 saturated carbocycles. The number of benzene rings is 1. The summed E-state index contributed by atoms with van der Waals surface area (Å²) in [4.78, 5) is 2.54. The molecular formula is C15H21NO. The van der Waals surface area contributed by atoms with E-state index in [-0.39, 0.29) is 0 Å². The van der Waals surface area contributed by atoms with Gasteiger partial charge >= 0.3 is 0 Å². The highest BCUT2D eigenvalue weighted by Crippen LogP contribution is 2.20. The molecule has 1 atom stereocenters. The summed E-state index contributed by atoms with van der Waals surface area (Å²) in [6, 6.07) is 11.2. The predicted octanol–water partition coefficient (Wildman–Crippen LogP) is 3.20. The van der Waals surface area contributed by atoms with Crippen molar-refractivity contribution in [2.45, 2.75) is 31.8 Å². The van der Waals surface area contributed by atoms with E-state index in [1.165, 1.54) is 31.4 Å². The number of hydrogen-bond acceptors (Lipinski definition) is 2. The number of ether oxygens (including phenoxy) is 1. The molecule has 0 radical (unpaired) electrons. The average molecular weight is 231 g/mol. The first-order valence-corrected chi connectivity index (χ1v) is 6.37. The highest BCUT2D eigenvalue weighted by Gasteiger charge is 2.19.